The molecule has 2 aromatic rings. The fourth-order valence-corrected chi connectivity index (χ4v) is 4.96. The molecule has 0 bridgehead atoms. The number of carboxylic acid groups (broad SMARTS) is 1. The molecule has 0 radical (unpaired) electrons. The van der Waals surface area contributed by atoms with Crippen molar-refractivity contribution in [1.82, 2.24) is 4.72 Å². The van der Waals surface area contributed by atoms with Gasteiger partial charge in [0, 0.05) is 17.7 Å². The van der Waals surface area contributed by atoms with Crippen LogP contribution in [-0.4, -0.2) is 34.2 Å². The Bertz CT molecular complexity index is 958. The molecule has 0 amide bonds. The number of hydrogen-bond donors (Lipinski definition) is 2. The van der Waals surface area contributed by atoms with E-state index in [4.69, 9.17) is 5.11 Å². The lowest BCUT2D eigenvalue weighted by Crippen LogP contribution is -2.26. The molecule has 130 valence electrons. The fraction of sp³-hybridized carbons (Fsp3) is 0.214. The van der Waals surface area contributed by atoms with Gasteiger partial charge in [0.2, 0.25) is 0 Å². The van der Waals surface area contributed by atoms with Crippen LogP contribution in [-0.2, 0) is 19.9 Å². The third kappa shape index (κ3) is 4.20. The molecule has 2 rings (SSSR count). The molecule has 1 aromatic heterocycles. The maximum atomic E-state index is 12.3. The highest BCUT2D eigenvalue weighted by Crippen LogP contribution is 2.23. The van der Waals surface area contributed by atoms with E-state index in [9.17, 15) is 21.6 Å². The third-order valence-corrected chi connectivity index (χ3v) is 7.34. The van der Waals surface area contributed by atoms with Crippen molar-refractivity contribution < 1.29 is 26.7 Å². The molecule has 0 unspecified atom stereocenters. The van der Waals surface area contributed by atoms with Crippen LogP contribution in [0.4, 0.5) is 0 Å². The van der Waals surface area contributed by atoms with E-state index in [1.807, 2.05) is 0 Å². The first-order chi connectivity index (χ1) is 11.0. The van der Waals surface area contributed by atoms with Crippen LogP contribution in [0.2, 0.25) is 0 Å². The molecule has 0 saturated heterocycles. The Labute approximate surface area is 143 Å². The quantitative estimate of drug-likeness (QED) is 0.779. The number of carbonyl (C=O) groups is 1. The van der Waals surface area contributed by atoms with Gasteiger partial charge in [0.25, 0.3) is 10.0 Å². The van der Waals surface area contributed by atoms with Crippen molar-refractivity contribution in [1.29, 1.82) is 0 Å². The number of sulfone groups is 1. The van der Waals surface area contributed by atoms with E-state index in [1.54, 1.807) is 6.92 Å². The molecule has 0 aliphatic carbocycles. The third-order valence-electron chi connectivity index (χ3n) is 3.23. The van der Waals surface area contributed by atoms with Crippen LogP contribution >= 0.6 is 11.3 Å². The van der Waals surface area contributed by atoms with Gasteiger partial charge in [-0.05, 0) is 30.7 Å². The van der Waals surface area contributed by atoms with Gasteiger partial charge in [0.05, 0.1) is 10.5 Å². The second-order valence-corrected chi connectivity index (χ2v) is 10.0. The Hall–Kier alpha value is -1.75. The van der Waals surface area contributed by atoms with E-state index in [-0.39, 0.29) is 14.7 Å². The molecular weight excluding hydrogens is 374 g/mol. The van der Waals surface area contributed by atoms with Crippen LogP contribution in [0.25, 0.3) is 0 Å². The van der Waals surface area contributed by atoms with Crippen molar-refractivity contribution in [3.8, 4) is 0 Å². The molecule has 2 N–H and O–H groups in total. The SMILES string of the molecule is C[C@H](NS(=O)(=O)c1cc(C(=O)O)cs1)c1ccc(S(C)(=O)=O)cc1. The van der Waals surface area contributed by atoms with Crippen molar-refractivity contribution in [3.05, 3.63) is 46.8 Å². The van der Waals surface area contributed by atoms with E-state index in [0.717, 1.165) is 23.7 Å². The summed E-state index contributed by atoms with van der Waals surface area (Å²) in [6.07, 6.45) is 1.09. The molecular formula is C14H15NO6S3. The topological polar surface area (TPSA) is 118 Å². The summed E-state index contributed by atoms with van der Waals surface area (Å²) in [7, 11) is -7.19. The normalized spacial score (nSPS) is 13.6. The molecule has 0 aliphatic heterocycles. The molecule has 1 aromatic carbocycles. The van der Waals surface area contributed by atoms with Gasteiger partial charge in [-0.2, -0.15) is 0 Å². The van der Waals surface area contributed by atoms with Crippen LogP contribution in [0.15, 0.2) is 44.8 Å². The highest BCUT2D eigenvalue weighted by atomic mass is 32.2. The zero-order valence-electron chi connectivity index (χ0n) is 12.8. The maximum Gasteiger partial charge on any atom is 0.336 e. The second-order valence-electron chi connectivity index (χ2n) is 5.14. The Balaban J connectivity index is 2.21. The zero-order valence-corrected chi connectivity index (χ0v) is 15.2. The van der Waals surface area contributed by atoms with Gasteiger partial charge in [-0.15, -0.1) is 11.3 Å². The number of thiophene rings is 1. The van der Waals surface area contributed by atoms with Crippen molar-refractivity contribution in [2.24, 2.45) is 0 Å². The van der Waals surface area contributed by atoms with Crippen molar-refractivity contribution in [3.63, 3.8) is 0 Å². The Morgan fingerprint density at radius 3 is 2.21 bits per heavy atom. The standard InChI is InChI=1S/C14H15NO6S3/c1-9(10-3-5-12(6-4-10)23(2,18)19)15-24(20,21)13-7-11(8-22-13)14(16)17/h3-9,15H,1-2H3,(H,16,17)/t9-/m0/s1. The molecule has 7 nitrogen and oxygen atoms in total. The predicted octanol–water partition coefficient (Wildman–Crippen LogP) is 1.89. The molecule has 24 heavy (non-hydrogen) atoms. The van der Waals surface area contributed by atoms with E-state index < -0.39 is 31.9 Å². The Kier molecular flexibility index (Phi) is 5.14. The van der Waals surface area contributed by atoms with E-state index in [2.05, 4.69) is 4.72 Å². The molecule has 0 fully saturated rings. The number of carboxylic acids is 1. The molecule has 0 saturated carbocycles. The van der Waals surface area contributed by atoms with E-state index in [0.29, 0.717) is 5.56 Å². The minimum Gasteiger partial charge on any atom is -0.478 e. The molecule has 1 atom stereocenters. The average molecular weight is 389 g/mol. The summed E-state index contributed by atoms with van der Waals surface area (Å²) in [4.78, 5) is 11.0. The van der Waals surface area contributed by atoms with Crippen LogP contribution in [0.5, 0.6) is 0 Å². The fourth-order valence-electron chi connectivity index (χ4n) is 1.93. The summed E-state index contributed by atoms with van der Waals surface area (Å²) in [5.74, 6) is -1.20. The Morgan fingerprint density at radius 1 is 1.17 bits per heavy atom. The smallest absolute Gasteiger partial charge is 0.336 e. The molecule has 10 heteroatoms. The van der Waals surface area contributed by atoms with Crippen LogP contribution < -0.4 is 4.72 Å². The monoisotopic (exact) mass is 389 g/mol. The van der Waals surface area contributed by atoms with E-state index >= 15 is 0 Å². The van der Waals surface area contributed by atoms with Crippen molar-refractivity contribution in [2.75, 3.05) is 6.26 Å². The zero-order chi connectivity index (χ0) is 18.1. The van der Waals surface area contributed by atoms with Gasteiger partial charge in [0.1, 0.15) is 4.21 Å². The summed E-state index contributed by atoms with van der Waals surface area (Å²) >= 11 is 0.817. The van der Waals surface area contributed by atoms with Crippen LogP contribution in [0.3, 0.4) is 0 Å². The largest absolute Gasteiger partial charge is 0.478 e. The maximum absolute atomic E-state index is 12.3. The minimum atomic E-state index is -3.87. The first-order valence-electron chi connectivity index (χ1n) is 6.65. The van der Waals surface area contributed by atoms with Gasteiger partial charge < -0.3 is 5.11 Å². The lowest BCUT2D eigenvalue weighted by Gasteiger charge is -2.14. The lowest BCUT2D eigenvalue weighted by atomic mass is 10.1. The summed E-state index contributed by atoms with van der Waals surface area (Å²) in [5, 5.41) is 10.1. The highest BCUT2D eigenvalue weighted by molar-refractivity contribution is 7.91. The van der Waals surface area contributed by atoms with Gasteiger partial charge >= 0.3 is 5.97 Å². The summed E-state index contributed by atoms with van der Waals surface area (Å²) in [6.45, 7) is 1.61. The number of sulfonamides is 1. The number of aromatic carboxylic acids is 1. The predicted molar refractivity (Wildman–Crippen MR) is 89.6 cm³/mol. The van der Waals surface area contributed by atoms with Crippen molar-refractivity contribution in [2.45, 2.75) is 22.1 Å². The highest BCUT2D eigenvalue weighted by Gasteiger charge is 2.22. The van der Waals surface area contributed by atoms with Gasteiger partial charge in [-0.25, -0.2) is 26.4 Å². The molecule has 0 spiro atoms. The summed E-state index contributed by atoms with van der Waals surface area (Å²) in [5.41, 5.74) is 0.492. The van der Waals surface area contributed by atoms with E-state index in [1.165, 1.54) is 29.6 Å². The first kappa shape index (κ1) is 18.6. The summed E-state index contributed by atoms with van der Waals surface area (Å²) < 4.78 is 49.8. The van der Waals surface area contributed by atoms with Gasteiger partial charge in [-0.1, -0.05) is 12.1 Å². The van der Waals surface area contributed by atoms with Crippen LogP contribution in [0, 0.1) is 0 Å². The minimum absolute atomic E-state index is 0.0921. The average Bonchev–Trinajstić information content (AvgIpc) is 2.97. The summed E-state index contributed by atoms with van der Waals surface area (Å²) in [6, 6.07) is 6.35. The van der Waals surface area contributed by atoms with Crippen molar-refractivity contribution >= 4 is 37.2 Å². The second kappa shape index (κ2) is 6.63. The number of rotatable bonds is 6. The number of hydrogen-bond acceptors (Lipinski definition) is 6. The first-order valence-corrected chi connectivity index (χ1v) is 10.9. The molecule has 1 heterocycles. The lowest BCUT2D eigenvalue weighted by molar-refractivity contribution is 0.0697. The molecule has 0 aliphatic rings. The van der Waals surface area contributed by atoms with Gasteiger partial charge in [-0.3, -0.25) is 0 Å². The van der Waals surface area contributed by atoms with Crippen LogP contribution in [0.1, 0.15) is 28.9 Å². The van der Waals surface area contributed by atoms with Gasteiger partial charge in [0.15, 0.2) is 9.84 Å². The number of benzene rings is 1. The number of nitrogens with one attached hydrogen (secondary N) is 1. The Morgan fingerprint density at radius 2 is 1.75 bits per heavy atom.